The Bertz CT molecular complexity index is 1090. The lowest BCUT2D eigenvalue weighted by Gasteiger charge is -2.26. The monoisotopic (exact) mass is 406 g/mol. The maximum absolute atomic E-state index is 13.5. The van der Waals surface area contributed by atoms with Crippen molar-refractivity contribution in [3.63, 3.8) is 0 Å². The molecule has 3 aromatic rings. The van der Waals surface area contributed by atoms with Crippen molar-refractivity contribution in [2.45, 2.75) is 39.3 Å². The van der Waals surface area contributed by atoms with Crippen LogP contribution < -0.4 is 5.32 Å². The van der Waals surface area contributed by atoms with Crippen LogP contribution in [0.4, 0.5) is 15.9 Å². The summed E-state index contributed by atoms with van der Waals surface area (Å²) in [5.74, 6) is 1.42. The van der Waals surface area contributed by atoms with Crippen LogP contribution in [0.25, 0.3) is 11.1 Å². The number of benzene rings is 2. The second-order valence-electron chi connectivity index (χ2n) is 8.30. The third-order valence-electron chi connectivity index (χ3n) is 6.01. The normalized spacial score (nSPS) is 15.7. The number of anilines is 2. The molecular formula is C24H27FN4O. The van der Waals surface area contributed by atoms with Crippen molar-refractivity contribution in [2.75, 3.05) is 11.9 Å². The van der Waals surface area contributed by atoms with Gasteiger partial charge in [0.2, 0.25) is 5.91 Å². The van der Waals surface area contributed by atoms with Gasteiger partial charge in [-0.25, -0.2) is 4.39 Å². The molecule has 6 heteroatoms. The van der Waals surface area contributed by atoms with Crippen molar-refractivity contribution in [1.29, 1.82) is 0 Å². The summed E-state index contributed by atoms with van der Waals surface area (Å²) in [6.07, 6.45) is 3.39. The fourth-order valence-electron chi connectivity index (χ4n) is 4.11. The highest BCUT2D eigenvalue weighted by molar-refractivity contribution is 5.74. The van der Waals surface area contributed by atoms with Gasteiger partial charge >= 0.3 is 0 Å². The Morgan fingerprint density at radius 2 is 2.00 bits per heavy atom. The Balaban J connectivity index is 0.00000231. The summed E-state index contributed by atoms with van der Waals surface area (Å²) in [6, 6.07) is 14.5. The van der Waals surface area contributed by atoms with Crippen LogP contribution in [0.15, 0.2) is 48.5 Å². The number of carbonyl (C=O) groups excluding carboxylic acids is 1. The predicted octanol–water partition coefficient (Wildman–Crippen LogP) is 4.99. The molecule has 5 rings (SSSR count). The van der Waals surface area contributed by atoms with Crippen molar-refractivity contribution in [2.24, 2.45) is 5.92 Å². The largest absolute Gasteiger partial charge is 0.338 e. The molecule has 1 aliphatic carbocycles. The van der Waals surface area contributed by atoms with E-state index in [4.69, 9.17) is 5.10 Å². The van der Waals surface area contributed by atoms with Gasteiger partial charge < -0.3 is 10.2 Å². The van der Waals surface area contributed by atoms with Crippen molar-refractivity contribution in [3.8, 4) is 11.1 Å². The Morgan fingerprint density at radius 3 is 2.70 bits per heavy atom. The molecule has 0 bridgehead atoms. The van der Waals surface area contributed by atoms with E-state index in [1.807, 2.05) is 35.2 Å². The SMILES string of the molecule is CC(=O)N1CCc2c(c(Nc3ccc(-c4cccc(F)c4)cc3)nn2CC2CC2)C1.[HH]. The number of fused-ring (bicyclic) bond motifs is 1. The van der Waals surface area contributed by atoms with Crippen LogP contribution >= 0.6 is 0 Å². The zero-order chi connectivity index (χ0) is 20.7. The highest BCUT2D eigenvalue weighted by Gasteiger charge is 2.29. The topological polar surface area (TPSA) is 50.2 Å². The molecule has 2 aromatic carbocycles. The first-order valence-corrected chi connectivity index (χ1v) is 10.5. The highest BCUT2D eigenvalue weighted by atomic mass is 19.1. The number of carbonyl (C=O) groups is 1. The molecule has 1 N–H and O–H groups in total. The molecular weight excluding hydrogens is 379 g/mol. The Morgan fingerprint density at radius 1 is 1.20 bits per heavy atom. The Kier molecular flexibility index (Phi) is 4.77. The minimum absolute atomic E-state index is 0. The standard InChI is InChI=1S/C24H25FN4O.H2/c1-16(30)28-12-11-23-22(15-28)24(27-29(23)14-17-5-6-17)26-21-9-7-18(8-10-21)19-3-2-4-20(25)13-19;/h2-4,7-10,13,17H,5-6,11-12,14-15H2,1H3,(H,26,27);1H. The van der Waals surface area contributed by atoms with Gasteiger partial charge in [0.1, 0.15) is 5.82 Å². The van der Waals surface area contributed by atoms with Crippen LogP contribution in [0.2, 0.25) is 0 Å². The number of hydrogen-bond acceptors (Lipinski definition) is 3. The number of nitrogens with one attached hydrogen (secondary N) is 1. The third-order valence-corrected chi connectivity index (χ3v) is 6.01. The molecule has 30 heavy (non-hydrogen) atoms. The molecule has 2 aliphatic rings. The van der Waals surface area contributed by atoms with Crippen LogP contribution in [-0.4, -0.2) is 27.1 Å². The van der Waals surface area contributed by atoms with Gasteiger partial charge in [-0.3, -0.25) is 9.48 Å². The summed E-state index contributed by atoms with van der Waals surface area (Å²) in [5.41, 5.74) is 5.10. The average molecular weight is 407 g/mol. The fourth-order valence-corrected chi connectivity index (χ4v) is 4.11. The molecule has 1 fully saturated rings. The first-order valence-electron chi connectivity index (χ1n) is 10.5. The Labute approximate surface area is 177 Å². The molecule has 1 saturated carbocycles. The second-order valence-corrected chi connectivity index (χ2v) is 8.30. The zero-order valence-electron chi connectivity index (χ0n) is 17.1. The summed E-state index contributed by atoms with van der Waals surface area (Å²) in [4.78, 5) is 13.8. The van der Waals surface area contributed by atoms with E-state index >= 15 is 0 Å². The zero-order valence-corrected chi connectivity index (χ0v) is 17.1. The van der Waals surface area contributed by atoms with Crippen LogP contribution in [0.3, 0.4) is 0 Å². The van der Waals surface area contributed by atoms with Crippen LogP contribution in [0, 0.1) is 11.7 Å². The molecule has 1 aliphatic heterocycles. The molecule has 0 saturated heterocycles. The van der Waals surface area contributed by atoms with Crippen LogP contribution in [0.5, 0.6) is 0 Å². The molecule has 0 radical (unpaired) electrons. The summed E-state index contributed by atoms with van der Waals surface area (Å²) >= 11 is 0. The van der Waals surface area contributed by atoms with E-state index < -0.39 is 0 Å². The van der Waals surface area contributed by atoms with Crippen molar-refractivity contribution in [1.82, 2.24) is 14.7 Å². The van der Waals surface area contributed by atoms with Gasteiger partial charge in [0, 0.05) is 44.8 Å². The van der Waals surface area contributed by atoms with E-state index in [1.54, 1.807) is 13.0 Å². The quantitative estimate of drug-likeness (QED) is 0.649. The number of rotatable bonds is 5. The first kappa shape index (κ1) is 18.9. The van der Waals surface area contributed by atoms with E-state index in [0.29, 0.717) is 6.54 Å². The van der Waals surface area contributed by atoms with E-state index in [-0.39, 0.29) is 13.2 Å². The predicted molar refractivity (Wildman–Crippen MR) is 117 cm³/mol. The van der Waals surface area contributed by atoms with E-state index in [1.165, 1.54) is 30.7 Å². The van der Waals surface area contributed by atoms with Crippen molar-refractivity contribution >= 4 is 17.4 Å². The first-order chi connectivity index (χ1) is 14.6. The average Bonchev–Trinajstić information content (AvgIpc) is 3.50. The molecule has 5 nitrogen and oxygen atoms in total. The number of aromatic nitrogens is 2. The Hall–Kier alpha value is -3.15. The fraction of sp³-hybridized carbons (Fsp3) is 0.333. The molecule has 1 amide bonds. The van der Waals surface area contributed by atoms with Gasteiger partial charge in [-0.15, -0.1) is 0 Å². The number of hydrogen-bond donors (Lipinski definition) is 1. The number of halogens is 1. The van der Waals surface area contributed by atoms with Gasteiger partial charge in [0.05, 0.1) is 6.54 Å². The lowest BCUT2D eigenvalue weighted by Crippen LogP contribution is -2.34. The number of amides is 1. The van der Waals surface area contributed by atoms with Gasteiger partial charge in [0.15, 0.2) is 5.82 Å². The van der Waals surface area contributed by atoms with Crippen LogP contribution in [0.1, 0.15) is 32.4 Å². The van der Waals surface area contributed by atoms with E-state index in [9.17, 15) is 9.18 Å². The molecule has 2 heterocycles. The third kappa shape index (κ3) is 3.82. The molecule has 156 valence electrons. The highest BCUT2D eigenvalue weighted by Crippen LogP contribution is 2.34. The van der Waals surface area contributed by atoms with E-state index in [0.717, 1.165) is 53.6 Å². The molecule has 1 aromatic heterocycles. The van der Waals surface area contributed by atoms with Crippen LogP contribution in [-0.2, 0) is 24.3 Å². The number of nitrogens with zero attached hydrogens (tertiary/aromatic N) is 3. The lowest BCUT2D eigenvalue weighted by molar-refractivity contribution is -0.129. The van der Waals surface area contributed by atoms with Crippen molar-refractivity contribution in [3.05, 3.63) is 65.6 Å². The minimum Gasteiger partial charge on any atom is -0.338 e. The summed E-state index contributed by atoms with van der Waals surface area (Å²) in [6.45, 7) is 3.93. The molecule has 0 atom stereocenters. The smallest absolute Gasteiger partial charge is 0.219 e. The van der Waals surface area contributed by atoms with Crippen molar-refractivity contribution < 1.29 is 10.6 Å². The summed E-state index contributed by atoms with van der Waals surface area (Å²) < 4.78 is 15.7. The minimum atomic E-state index is -0.238. The lowest BCUT2D eigenvalue weighted by atomic mass is 10.0. The second kappa shape index (κ2) is 7.59. The van der Waals surface area contributed by atoms with E-state index in [2.05, 4.69) is 10.00 Å². The van der Waals surface area contributed by atoms with Gasteiger partial charge in [0.25, 0.3) is 0 Å². The molecule has 0 spiro atoms. The summed E-state index contributed by atoms with van der Waals surface area (Å²) in [5, 5.41) is 8.32. The van der Waals surface area contributed by atoms with Gasteiger partial charge in [-0.05, 0) is 54.2 Å². The summed E-state index contributed by atoms with van der Waals surface area (Å²) in [7, 11) is 0. The maximum Gasteiger partial charge on any atom is 0.219 e. The van der Waals surface area contributed by atoms with Gasteiger partial charge in [-0.1, -0.05) is 24.3 Å². The molecule has 0 unspecified atom stereocenters. The van der Waals surface area contributed by atoms with Gasteiger partial charge in [-0.2, -0.15) is 5.10 Å². The maximum atomic E-state index is 13.5.